The predicted octanol–water partition coefficient (Wildman–Crippen LogP) is 3.95. The van der Waals surface area contributed by atoms with Crippen molar-refractivity contribution < 1.29 is 14.6 Å². The maximum absolute atomic E-state index is 12.2. The van der Waals surface area contributed by atoms with Crippen LogP contribution in [0.1, 0.15) is 33.3 Å². The first-order valence-corrected chi connectivity index (χ1v) is 8.70. The summed E-state index contributed by atoms with van der Waals surface area (Å²) in [6.45, 7) is 7.62. The molecule has 0 aliphatic rings. The molecule has 1 heterocycles. The first-order valence-electron chi connectivity index (χ1n) is 7.75. The Morgan fingerprint density at radius 3 is 2.54 bits per heavy atom. The monoisotopic (exact) mass is 348 g/mol. The lowest BCUT2D eigenvalue weighted by molar-refractivity contribution is 0.0604. The molecule has 2 amide bonds. The zero-order valence-corrected chi connectivity index (χ0v) is 15.2. The van der Waals surface area contributed by atoms with Crippen molar-refractivity contribution in [2.75, 3.05) is 11.9 Å². The van der Waals surface area contributed by atoms with Gasteiger partial charge in [-0.1, -0.05) is 12.1 Å². The highest BCUT2D eigenvalue weighted by Crippen LogP contribution is 2.27. The number of anilines is 1. The molecule has 2 aromatic rings. The summed E-state index contributed by atoms with van der Waals surface area (Å²) in [4.78, 5) is 12.2. The molecule has 0 bridgehead atoms. The van der Waals surface area contributed by atoms with Crippen LogP contribution >= 0.6 is 11.3 Å². The van der Waals surface area contributed by atoms with E-state index in [9.17, 15) is 9.90 Å². The number of amides is 2. The van der Waals surface area contributed by atoms with Gasteiger partial charge in [-0.2, -0.15) is 11.3 Å². The lowest BCUT2D eigenvalue weighted by Crippen LogP contribution is -2.40. The normalized spacial score (nSPS) is 13.9. The molecular formula is C18H24N2O3S. The van der Waals surface area contributed by atoms with Crippen molar-refractivity contribution in [1.82, 2.24) is 5.32 Å². The highest BCUT2D eigenvalue weighted by atomic mass is 32.1. The number of rotatable bonds is 5. The summed E-state index contributed by atoms with van der Waals surface area (Å²) in [5.41, 5.74) is -0.111. The summed E-state index contributed by atoms with van der Waals surface area (Å²) < 4.78 is 5.85. The molecule has 0 spiro atoms. The average molecular weight is 348 g/mol. The second kappa shape index (κ2) is 7.23. The smallest absolute Gasteiger partial charge is 0.319 e. The lowest BCUT2D eigenvalue weighted by Gasteiger charge is -2.24. The SMILES string of the molecule is CC(C)(C)Oc1ccccc1NC(=O)NCC(C)(O)c1ccsc1. The van der Waals surface area contributed by atoms with Gasteiger partial charge in [-0.25, -0.2) is 4.79 Å². The molecule has 1 unspecified atom stereocenters. The number of hydrogen-bond donors (Lipinski definition) is 3. The Morgan fingerprint density at radius 2 is 1.92 bits per heavy atom. The number of thiophene rings is 1. The Balaban J connectivity index is 1.98. The van der Waals surface area contributed by atoms with Crippen molar-refractivity contribution in [2.45, 2.75) is 38.9 Å². The van der Waals surface area contributed by atoms with Crippen LogP contribution in [0.25, 0.3) is 0 Å². The maximum atomic E-state index is 12.2. The van der Waals surface area contributed by atoms with Gasteiger partial charge in [0.2, 0.25) is 0 Å². The van der Waals surface area contributed by atoms with E-state index in [0.717, 1.165) is 5.56 Å². The van der Waals surface area contributed by atoms with Crippen molar-refractivity contribution in [1.29, 1.82) is 0 Å². The van der Waals surface area contributed by atoms with Gasteiger partial charge in [0.05, 0.1) is 12.2 Å². The Kier molecular flexibility index (Phi) is 5.51. The molecule has 6 heteroatoms. The maximum Gasteiger partial charge on any atom is 0.319 e. The van der Waals surface area contributed by atoms with Gasteiger partial charge < -0.3 is 20.5 Å². The van der Waals surface area contributed by atoms with Crippen molar-refractivity contribution in [3.05, 3.63) is 46.7 Å². The van der Waals surface area contributed by atoms with E-state index in [1.54, 1.807) is 13.0 Å². The topological polar surface area (TPSA) is 70.6 Å². The number of benzene rings is 1. The van der Waals surface area contributed by atoms with Crippen LogP contribution in [0.5, 0.6) is 5.75 Å². The third-order valence-electron chi connectivity index (χ3n) is 3.29. The summed E-state index contributed by atoms with van der Waals surface area (Å²) in [6.07, 6.45) is 0. The van der Waals surface area contributed by atoms with Crippen molar-refractivity contribution in [3.63, 3.8) is 0 Å². The van der Waals surface area contributed by atoms with Crippen LogP contribution in [0, 0.1) is 0 Å². The van der Waals surface area contributed by atoms with Crippen molar-refractivity contribution in [3.8, 4) is 5.75 Å². The minimum atomic E-state index is -1.11. The largest absolute Gasteiger partial charge is 0.486 e. The fourth-order valence-electron chi connectivity index (χ4n) is 2.08. The first-order chi connectivity index (χ1) is 11.2. The standard InChI is InChI=1S/C18H24N2O3S/c1-17(2,3)23-15-8-6-5-7-14(15)20-16(21)19-12-18(4,22)13-9-10-24-11-13/h5-11,22H,12H2,1-4H3,(H2,19,20,21). The van der Waals surface area contributed by atoms with Gasteiger partial charge in [0.1, 0.15) is 17.0 Å². The fourth-order valence-corrected chi connectivity index (χ4v) is 2.86. The van der Waals surface area contributed by atoms with Gasteiger partial charge >= 0.3 is 6.03 Å². The minimum absolute atomic E-state index is 0.109. The number of nitrogens with one attached hydrogen (secondary N) is 2. The molecular weight excluding hydrogens is 324 g/mol. The Hall–Kier alpha value is -2.05. The number of ether oxygens (including phenoxy) is 1. The summed E-state index contributed by atoms with van der Waals surface area (Å²) in [6, 6.07) is 8.71. The lowest BCUT2D eigenvalue weighted by atomic mass is 9.99. The van der Waals surface area contributed by atoms with E-state index in [-0.39, 0.29) is 12.1 Å². The minimum Gasteiger partial charge on any atom is -0.486 e. The molecule has 1 aromatic carbocycles. The van der Waals surface area contributed by atoms with Gasteiger partial charge in [0.25, 0.3) is 0 Å². The van der Waals surface area contributed by atoms with E-state index in [1.165, 1.54) is 11.3 Å². The zero-order valence-electron chi connectivity index (χ0n) is 14.4. The number of carbonyl (C=O) groups excluding carboxylic acids is 1. The molecule has 0 aliphatic carbocycles. The van der Waals surface area contributed by atoms with Crippen LogP contribution in [-0.4, -0.2) is 23.3 Å². The van der Waals surface area contributed by atoms with E-state index in [4.69, 9.17) is 4.74 Å². The number of aliphatic hydroxyl groups is 1. The van der Waals surface area contributed by atoms with Crippen LogP contribution in [0.2, 0.25) is 0 Å². The van der Waals surface area contributed by atoms with E-state index in [0.29, 0.717) is 11.4 Å². The molecule has 0 saturated heterocycles. The number of carbonyl (C=O) groups is 1. The van der Waals surface area contributed by atoms with E-state index in [2.05, 4.69) is 10.6 Å². The van der Waals surface area contributed by atoms with Crippen molar-refractivity contribution in [2.24, 2.45) is 0 Å². The fraction of sp³-hybridized carbons (Fsp3) is 0.389. The van der Waals surface area contributed by atoms with Crippen molar-refractivity contribution >= 4 is 23.1 Å². The highest BCUT2D eigenvalue weighted by molar-refractivity contribution is 7.08. The molecule has 24 heavy (non-hydrogen) atoms. The molecule has 0 radical (unpaired) electrons. The molecule has 0 aliphatic heterocycles. The molecule has 5 nitrogen and oxygen atoms in total. The predicted molar refractivity (Wildman–Crippen MR) is 97.7 cm³/mol. The number of urea groups is 1. The average Bonchev–Trinajstić information content (AvgIpc) is 3.01. The third-order valence-corrected chi connectivity index (χ3v) is 3.97. The zero-order chi connectivity index (χ0) is 17.8. The Labute approximate surface area is 146 Å². The molecule has 2 rings (SSSR count). The molecule has 3 N–H and O–H groups in total. The van der Waals surface area contributed by atoms with E-state index >= 15 is 0 Å². The Bertz CT molecular complexity index is 676. The van der Waals surface area contributed by atoms with E-state index in [1.807, 2.05) is 55.8 Å². The molecule has 1 atom stereocenters. The van der Waals surface area contributed by atoms with Gasteiger partial charge in [-0.15, -0.1) is 0 Å². The van der Waals surface area contributed by atoms with Gasteiger partial charge in [0.15, 0.2) is 0 Å². The number of para-hydroxylation sites is 2. The third kappa shape index (κ3) is 5.25. The number of hydrogen-bond acceptors (Lipinski definition) is 4. The molecule has 0 fully saturated rings. The van der Waals surface area contributed by atoms with Crippen LogP contribution in [-0.2, 0) is 5.60 Å². The summed E-state index contributed by atoms with van der Waals surface area (Å²) >= 11 is 1.51. The summed E-state index contributed by atoms with van der Waals surface area (Å²) in [5, 5.41) is 19.7. The van der Waals surface area contributed by atoms with Crippen LogP contribution in [0.3, 0.4) is 0 Å². The summed E-state index contributed by atoms with van der Waals surface area (Å²) in [7, 11) is 0. The highest BCUT2D eigenvalue weighted by Gasteiger charge is 2.24. The first kappa shape index (κ1) is 18.3. The Morgan fingerprint density at radius 1 is 1.21 bits per heavy atom. The second-order valence-electron chi connectivity index (χ2n) is 6.80. The van der Waals surface area contributed by atoms with Crippen LogP contribution < -0.4 is 15.4 Å². The van der Waals surface area contributed by atoms with E-state index < -0.39 is 11.6 Å². The quantitative estimate of drug-likeness (QED) is 0.766. The van der Waals surface area contributed by atoms with Crippen LogP contribution in [0.15, 0.2) is 41.1 Å². The molecule has 130 valence electrons. The van der Waals surface area contributed by atoms with Gasteiger partial charge in [-0.3, -0.25) is 0 Å². The molecule has 1 aromatic heterocycles. The molecule has 0 saturated carbocycles. The second-order valence-corrected chi connectivity index (χ2v) is 7.58. The summed E-state index contributed by atoms with van der Waals surface area (Å²) in [5.74, 6) is 0.602. The van der Waals surface area contributed by atoms with Gasteiger partial charge in [0, 0.05) is 0 Å². The van der Waals surface area contributed by atoms with Gasteiger partial charge in [-0.05, 0) is 62.2 Å². The van der Waals surface area contributed by atoms with Crippen LogP contribution in [0.4, 0.5) is 10.5 Å².